The van der Waals surface area contributed by atoms with Gasteiger partial charge < -0.3 is 9.80 Å². The predicted molar refractivity (Wildman–Crippen MR) is 102 cm³/mol. The zero-order valence-electron chi connectivity index (χ0n) is 15.5. The van der Waals surface area contributed by atoms with Crippen LogP contribution in [0.2, 0.25) is 0 Å². The Hall–Kier alpha value is -1.39. The van der Waals surface area contributed by atoms with E-state index in [0.29, 0.717) is 0 Å². The fourth-order valence-electron chi connectivity index (χ4n) is 4.82. The molecule has 1 aromatic carbocycles. The summed E-state index contributed by atoms with van der Waals surface area (Å²) in [6.45, 7) is 8.87. The molecule has 25 heavy (non-hydrogen) atoms. The van der Waals surface area contributed by atoms with Crippen molar-refractivity contribution in [2.45, 2.75) is 45.1 Å². The van der Waals surface area contributed by atoms with Crippen LogP contribution in [0, 0.1) is 5.92 Å². The molecule has 0 unspecified atom stereocenters. The van der Waals surface area contributed by atoms with Gasteiger partial charge in [0.15, 0.2) is 0 Å². The van der Waals surface area contributed by atoms with Gasteiger partial charge >= 0.3 is 0 Å². The van der Waals surface area contributed by atoms with Crippen molar-refractivity contribution >= 4 is 11.6 Å². The molecule has 4 heteroatoms. The van der Waals surface area contributed by atoms with Gasteiger partial charge in [0.2, 0.25) is 5.91 Å². The highest BCUT2D eigenvalue weighted by Gasteiger charge is 2.34. The highest BCUT2D eigenvalue weighted by molar-refractivity contribution is 5.98. The Balaban J connectivity index is 1.34. The van der Waals surface area contributed by atoms with Crippen molar-refractivity contribution in [3.63, 3.8) is 0 Å². The third-order valence-electron chi connectivity index (χ3n) is 6.34. The van der Waals surface area contributed by atoms with E-state index in [1.165, 1.54) is 50.9 Å². The largest absolute Gasteiger partial charge is 0.310 e. The summed E-state index contributed by atoms with van der Waals surface area (Å²) < 4.78 is 0. The minimum absolute atomic E-state index is 0.00230. The summed E-state index contributed by atoms with van der Waals surface area (Å²) in [5.41, 5.74) is 2.44. The van der Waals surface area contributed by atoms with E-state index in [1.54, 1.807) is 0 Å². The Kier molecular flexibility index (Phi) is 5.09. The summed E-state index contributed by atoms with van der Waals surface area (Å²) in [4.78, 5) is 20.1. The van der Waals surface area contributed by atoms with Gasteiger partial charge in [-0.3, -0.25) is 9.69 Å². The Morgan fingerprint density at radius 1 is 1.12 bits per heavy atom. The third-order valence-corrected chi connectivity index (χ3v) is 6.34. The maximum absolute atomic E-state index is 13.1. The molecule has 2 fully saturated rings. The average Bonchev–Trinajstić information content (AvgIpc) is 3.28. The van der Waals surface area contributed by atoms with E-state index in [0.717, 1.165) is 37.7 Å². The quantitative estimate of drug-likeness (QED) is 0.842. The van der Waals surface area contributed by atoms with Crippen LogP contribution in [0.15, 0.2) is 24.3 Å². The van der Waals surface area contributed by atoms with Crippen LogP contribution in [0.3, 0.4) is 0 Å². The molecule has 3 aliphatic rings. The van der Waals surface area contributed by atoms with Gasteiger partial charge in [0.25, 0.3) is 0 Å². The minimum atomic E-state index is -0.00230. The van der Waals surface area contributed by atoms with Crippen LogP contribution < -0.4 is 4.90 Å². The number of hydrogen-bond donors (Lipinski definition) is 0. The molecule has 0 aromatic heterocycles. The van der Waals surface area contributed by atoms with Crippen LogP contribution in [0.25, 0.3) is 0 Å². The summed E-state index contributed by atoms with van der Waals surface area (Å²) in [5.74, 6) is 1.02. The fourth-order valence-corrected chi connectivity index (χ4v) is 4.82. The Morgan fingerprint density at radius 3 is 2.76 bits per heavy atom. The van der Waals surface area contributed by atoms with Crippen LogP contribution in [0.4, 0.5) is 5.69 Å². The number of piperidine rings is 1. The molecule has 0 spiro atoms. The third kappa shape index (κ3) is 3.61. The van der Waals surface area contributed by atoms with Gasteiger partial charge in [-0.15, -0.1) is 0 Å². The molecule has 0 aliphatic carbocycles. The SMILES string of the molecule is C[C@H](C(=O)N1CCc2ccccc21)N1CC[C@@H](CN2CCCCC2)C1. The fraction of sp³-hybridized carbons (Fsp3) is 0.667. The lowest BCUT2D eigenvalue weighted by Crippen LogP contribution is -2.46. The van der Waals surface area contributed by atoms with Crippen LogP contribution in [-0.4, -0.2) is 61.0 Å². The van der Waals surface area contributed by atoms with Crippen molar-refractivity contribution in [2.75, 3.05) is 44.2 Å². The molecular weight excluding hydrogens is 310 g/mol. The molecule has 3 heterocycles. The summed E-state index contributed by atoms with van der Waals surface area (Å²) in [6, 6.07) is 8.35. The normalized spacial score (nSPS) is 26.0. The van der Waals surface area contributed by atoms with E-state index < -0.39 is 0 Å². The summed E-state index contributed by atoms with van der Waals surface area (Å²) in [7, 11) is 0. The number of rotatable bonds is 4. The number of anilines is 1. The second kappa shape index (κ2) is 7.46. The molecule has 0 bridgehead atoms. The standard InChI is InChI=1S/C21H31N3O/c1-17(21(25)24-14-10-19-7-3-4-8-20(19)24)23-13-9-18(16-23)15-22-11-5-2-6-12-22/h3-4,7-8,17-18H,2,5-6,9-16H2,1H3/t17-,18+/m1/s1. The molecule has 1 amide bonds. The monoisotopic (exact) mass is 341 g/mol. The van der Waals surface area contributed by atoms with Crippen molar-refractivity contribution in [1.29, 1.82) is 0 Å². The van der Waals surface area contributed by atoms with Gasteiger partial charge in [-0.2, -0.15) is 0 Å². The number of nitrogens with zero attached hydrogens (tertiary/aromatic N) is 3. The predicted octanol–water partition coefficient (Wildman–Crippen LogP) is 2.77. The lowest BCUT2D eigenvalue weighted by atomic mass is 10.1. The number of fused-ring (bicyclic) bond motifs is 1. The number of benzene rings is 1. The number of carbonyl (C=O) groups excluding carboxylic acids is 1. The van der Waals surface area contributed by atoms with Crippen molar-refractivity contribution in [2.24, 2.45) is 5.92 Å². The molecule has 1 aromatic rings. The first-order valence-corrected chi connectivity index (χ1v) is 10.1. The van der Waals surface area contributed by atoms with E-state index in [-0.39, 0.29) is 11.9 Å². The Labute approximate surface area is 151 Å². The van der Waals surface area contributed by atoms with E-state index >= 15 is 0 Å². The zero-order valence-corrected chi connectivity index (χ0v) is 15.5. The van der Waals surface area contributed by atoms with Gasteiger partial charge in [0, 0.05) is 25.3 Å². The van der Waals surface area contributed by atoms with E-state index in [1.807, 2.05) is 11.0 Å². The summed E-state index contributed by atoms with van der Waals surface area (Å²) in [5, 5.41) is 0. The highest BCUT2D eigenvalue weighted by atomic mass is 16.2. The van der Waals surface area contributed by atoms with E-state index in [4.69, 9.17) is 0 Å². The molecule has 0 N–H and O–H groups in total. The number of carbonyl (C=O) groups is 1. The molecule has 0 saturated carbocycles. The van der Waals surface area contributed by atoms with Crippen LogP contribution >= 0.6 is 0 Å². The number of hydrogen-bond acceptors (Lipinski definition) is 3. The molecular formula is C21H31N3O. The van der Waals surface area contributed by atoms with Crippen molar-refractivity contribution in [3.8, 4) is 0 Å². The zero-order chi connectivity index (χ0) is 17.2. The maximum atomic E-state index is 13.1. The number of para-hydroxylation sites is 1. The summed E-state index contributed by atoms with van der Waals surface area (Å²) in [6.07, 6.45) is 6.35. The topological polar surface area (TPSA) is 26.8 Å². The van der Waals surface area contributed by atoms with Crippen LogP contribution in [0.1, 0.15) is 38.2 Å². The first-order valence-electron chi connectivity index (χ1n) is 10.1. The molecule has 3 aliphatic heterocycles. The van der Waals surface area contributed by atoms with E-state index in [2.05, 4.69) is 34.9 Å². The van der Waals surface area contributed by atoms with Gasteiger partial charge in [-0.25, -0.2) is 0 Å². The lowest BCUT2D eigenvalue weighted by Gasteiger charge is -2.30. The van der Waals surface area contributed by atoms with Crippen molar-refractivity contribution in [1.82, 2.24) is 9.80 Å². The van der Waals surface area contributed by atoms with E-state index in [9.17, 15) is 4.79 Å². The molecule has 136 valence electrons. The van der Waals surface area contributed by atoms with Crippen molar-refractivity contribution < 1.29 is 4.79 Å². The molecule has 2 atom stereocenters. The molecule has 4 rings (SSSR count). The lowest BCUT2D eigenvalue weighted by molar-refractivity contribution is -0.122. The molecule has 2 saturated heterocycles. The maximum Gasteiger partial charge on any atom is 0.244 e. The summed E-state index contributed by atoms with van der Waals surface area (Å²) >= 11 is 0. The Morgan fingerprint density at radius 2 is 1.92 bits per heavy atom. The number of amides is 1. The second-order valence-corrected chi connectivity index (χ2v) is 8.06. The first kappa shape index (κ1) is 17.0. The average molecular weight is 341 g/mol. The van der Waals surface area contributed by atoms with Crippen LogP contribution in [-0.2, 0) is 11.2 Å². The van der Waals surface area contributed by atoms with Crippen molar-refractivity contribution in [3.05, 3.63) is 29.8 Å². The number of likely N-dealkylation sites (tertiary alicyclic amines) is 2. The van der Waals surface area contributed by atoms with Gasteiger partial charge in [0.05, 0.1) is 6.04 Å². The minimum Gasteiger partial charge on any atom is -0.310 e. The van der Waals surface area contributed by atoms with Gasteiger partial charge in [-0.1, -0.05) is 24.6 Å². The smallest absolute Gasteiger partial charge is 0.244 e. The Bertz CT molecular complexity index is 611. The molecule has 4 nitrogen and oxygen atoms in total. The second-order valence-electron chi connectivity index (χ2n) is 8.06. The van der Waals surface area contributed by atoms with Gasteiger partial charge in [0.1, 0.15) is 0 Å². The highest BCUT2D eigenvalue weighted by Crippen LogP contribution is 2.29. The van der Waals surface area contributed by atoms with Gasteiger partial charge in [-0.05, 0) is 69.8 Å². The molecule has 0 radical (unpaired) electrons. The van der Waals surface area contributed by atoms with Crippen LogP contribution in [0.5, 0.6) is 0 Å². The first-order chi connectivity index (χ1) is 12.2.